The van der Waals surface area contributed by atoms with Crippen molar-refractivity contribution in [3.63, 3.8) is 0 Å². The number of rotatable bonds is 4. The van der Waals surface area contributed by atoms with Crippen molar-refractivity contribution in [2.75, 3.05) is 24.5 Å². The zero-order valence-electron chi connectivity index (χ0n) is 13.6. The van der Waals surface area contributed by atoms with Gasteiger partial charge in [0.25, 0.3) is 5.91 Å². The molecule has 1 saturated heterocycles. The first-order chi connectivity index (χ1) is 11.6. The van der Waals surface area contributed by atoms with E-state index in [0.29, 0.717) is 18.5 Å². The van der Waals surface area contributed by atoms with Gasteiger partial charge < -0.3 is 15.3 Å². The molecule has 0 radical (unpaired) electrons. The third kappa shape index (κ3) is 3.86. The summed E-state index contributed by atoms with van der Waals surface area (Å²) in [6.45, 7) is 3.31. The molecule has 3 heterocycles. The van der Waals surface area contributed by atoms with E-state index in [1.54, 1.807) is 30.9 Å². The number of nitrogens with zero attached hydrogens (tertiary/aromatic N) is 4. The molecule has 7 heteroatoms. The van der Waals surface area contributed by atoms with Gasteiger partial charge in [0.15, 0.2) is 0 Å². The Kier molecular flexibility index (Phi) is 4.71. The molecule has 0 saturated carbocycles. The molecular formula is C17H21N5O2. The first-order valence-electron chi connectivity index (χ1n) is 7.99. The maximum Gasteiger partial charge on any atom is 0.252 e. The van der Waals surface area contributed by atoms with E-state index in [2.05, 4.69) is 20.3 Å². The summed E-state index contributed by atoms with van der Waals surface area (Å²) in [5.41, 5.74) is 0.441. The number of anilines is 1. The molecule has 2 N–H and O–H groups in total. The topological polar surface area (TPSA) is 91.2 Å². The van der Waals surface area contributed by atoms with Gasteiger partial charge in [-0.1, -0.05) is 0 Å². The van der Waals surface area contributed by atoms with Crippen molar-refractivity contribution in [2.24, 2.45) is 0 Å². The minimum Gasteiger partial charge on any atom is -0.386 e. The third-order valence-electron chi connectivity index (χ3n) is 4.14. The van der Waals surface area contributed by atoms with E-state index >= 15 is 0 Å². The summed E-state index contributed by atoms with van der Waals surface area (Å²) >= 11 is 0. The molecule has 24 heavy (non-hydrogen) atoms. The average Bonchev–Trinajstić information content (AvgIpc) is 2.60. The van der Waals surface area contributed by atoms with Crippen molar-refractivity contribution >= 4 is 11.7 Å². The molecule has 1 fully saturated rings. The van der Waals surface area contributed by atoms with Gasteiger partial charge in [-0.15, -0.1) is 0 Å². The van der Waals surface area contributed by atoms with Crippen LogP contribution in [-0.2, 0) is 0 Å². The van der Waals surface area contributed by atoms with Crippen LogP contribution in [0.1, 0.15) is 28.8 Å². The van der Waals surface area contributed by atoms with E-state index in [9.17, 15) is 9.90 Å². The van der Waals surface area contributed by atoms with Crippen LogP contribution in [0.25, 0.3) is 0 Å². The number of pyridine rings is 1. The summed E-state index contributed by atoms with van der Waals surface area (Å²) in [4.78, 5) is 26.6. The second-order valence-electron chi connectivity index (χ2n) is 6.25. The van der Waals surface area contributed by atoms with Crippen LogP contribution in [0, 0.1) is 6.92 Å². The standard InChI is InChI=1S/C17H21N5O2/c1-13-7-14(9-19-8-13)16(23)21-11-17(24)3-2-6-22(12-17)15-10-18-4-5-20-15/h4-5,7-10,24H,2-3,6,11-12H2,1H3,(H,21,23)/t17-/m0/s1. The van der Waals surface area contributed by atoms with E-state index in [1.807, 2.05) is 11.8 Å². The molecule has 0 bridgehead atoms. The highest BCUT2D eigenvalue weighted by atomic mass is 16.3. The van der Waals surface area contributed by atoms with Crippen LogP contribution in [0.15, 0.2) is 37.1 Å². The van der Waals surface area contributed by atoms with Crippen LogP contribution in [0.3, 0.4) is 0 Å². The van der Waals surface area contributed by atoms with E-state index in [4.69, 9.17) is 0 Å². The fourth-order valence-corrected chi connectivity index (χ4v) is 2.93. The second-order valence-corrected chi connectivity index (χ2v) is 6.25. The lowest BCUT2D eigenvalue weighted by Gasteiger charge is -2.39. The summed E-state index contributed by atoms with van der Waals surface area (Å²) in [5.74, 6) is 0.515. The molecular weight excluding hydrogens is 306 g/mol. The van der Waals surface area contributed by atoms with E-state index in [-0.39, 0.29) is 12.5 Å². The fourth-order valence-electron chi connectivity index (χ4n) is 2.93. The summed E-state index contributed by atoms with van der Waals surface area (Å²) in [6.07, 6.45) is 9.63. The number of piperidine rings is 1. The molecule has 1 aliphatic heterocycles. The smallest absolute Gasteiger partial charge is 0.252 e. The normalized spacial score (nSPS) is 20.7. The Morgan fingerprint density at radius 1 is 1.33 bits per heavy atom. The number of aromatic nitrogens is 3. The van der Waals surface area contributed by atoms with Crippen LogP contribution in [0.5, 0.6) is 0 Å². The highest BCUT2D eigenvalue weighted by molar-refractivity contribution is 5.94. The van der Waals surface area contributed by atoms with Gasteiger partial charge in [0.2, 0.25) is 0 Å². The Morgan fingerprint density at radius 2 is 2.21 bits per heavy atom. The summed E-state index contributed by atoms with van der Waals surface area (Å²) in [5, 5.41) is 13.6. The Hall–Kier alpha value is -2.54. The first-order valence-corrected chi connectivity index (χ1v) is 7.99. The molecule has 2 aromatic rings. The molecule has 1 amide bonds. The quantitative estimate of drug-likeness (QED) is 0.868. The third-order valence-corrected chi connectivity index (χ3v) is 4.14. The molecule has 0 unspecified atom stereocenters. The Morgan fingerprint density at radius 3 is 2.96 bits per heavy atom. The fraction of sp³-hybridized carbons (Fsp3) is 0.412. The lowest BCUT2D eigenvalue weighted by atomic mass is 9.92. The maximum absolute atomic E-state index is 12.2. The van der Waals surface area contributed by atoms with Crippen LogP contribution < -0.4 is 10.2 Å². The van der Waals surface area contributed by atoms with Crippen LogP contribution in [0.4, 0.5) is 5.82 Å². The lowest BCUT2D eigenvalue weighted by Crippen LogP contribution is -2.54. The van der Waals surface area contributed by atoms with Crippen molar-refractivity contribution in [3.8, 4) is 0 Å². The van der Waals surface area contributed by atoms with Gasteiger partial charge in [0.05, 0.1) is 17.4 Å². The van der Waals surface area contributed by atoms with Gasteiger partial charge in [-0.25, -0.2) is 4.98 Å². The average molecular weight is 327 g/mol. The van der Waals surface area contributed by atoms with Gasteiger partial charge in [-0.2, -0.15) is 0 Å². The van der Waals surface area contributed by atoms with Gasteiger partial charge in [-0.3, -0.25) is 14.8 Å². The molecule has 1 atom stereocenters. The van der Waals surface area contributed by atoms with Crippen molar-refractivity contribution in [3.05, 3.63) is 48.2 Å². The molecule has 1 aliphatic rings. The number of aryl methyl sites for hydroxylation is 1. The minimum atomic E-state index is -0.983. The number of amides is 1. The molecule has 2 aromatic heterocycles. The predicted molar refractivity (Wildman–Crippen MR) is 89.7 cm³/mol. The Bertz CT molecular complexity index is 709. The van der Waals surface area contributed by atoms with Gasteiger partial charge >= 0.3 is 0 Å². The van der Waals surface area contributed by atoms with Crippen molar-refractivity contribution in [1.29, 1.82) is 0 Å². The Balaban J connectivity index is 1.62. The molecule has 126 valence electrons. The van der Waals surface area contributed by atoms with Crippen LogP contribution in [0.2, 0.25) is 0 Å². The largest absolute Gasteiger partial charge is 0.386 e. The molecule has 7 nitrogen and oxygen atoms in total. The lowest BCUT2D eigenvalue weighted by molar-refractivity contribution is 0.0254. The predicted octanol–water partition coefficient (Wildman–Crippen LogP) is 0.941. The van der Waals surface area contributed by atoms with Gasteiger partial charge in [0, 0.05) is 44.4 Å². The van der Waals surface area contributed by atoms with Crippen molar-refractivity contribution in [1.82, 2.24) is 20.3 Å². The van der Waals surface area contributed by atoms with E-state index in [1.165, 1.54) is 6.20 Å². The number of β-amino-alcohol motifs (C(OH)–C–C–N with tert-alkyl or cyclic N) is 1. The number of carbonyl (C=O) groups is 1. The second kappa shape index (κ2) is 6.92. The maximum atomic E-state index is 12.2. The Labute approximate surface area is 140 Å². The number of hydrogen-bond acceptors (Lipinski definition) is 6. The molecule has 0 aromatic carbocycles. The SMILES string of the molecule is Cc1cncc(C(=O)NC[C@@]2(O)CCCN(c3cnccn3)C2)c1. The van der Waals surface area contributed by atoms with E-state index in [0.717, 1.165) is 24.3 Å². The monoisotopic (exact) mass is 327 g/mol. The highest BCUT2D eigenvalue weighted by Gasteiger charge is 2.34. The van der Waals surface area contributed by atoms with E-state index < -0.39 is 5.60 Å². The van der Waals surface area contributed by atoms with Gasteiger partial charge in [0.1, 0.15) is 5.82 Å². The molecule has 3 rings (SSSR count). The number of carbonyl (C=O) groups excluding carboxylic acids is 1. The summed E-state index contributed by atoms with van der Waals surface area (Å²) < 4.78 is 0. The number of hydrogen-bond donors (Lipinski definition) is 2. The first kappa shape index (κ1) is 16.3. The number of aliphatic hydroxyl groups is 1. The summed E-state index contributed by atoms with van der Waals surface area (Å²) in [7, 11) is 0. The van der Waals surface area contributed by atoms with Gasteiger partial charge in [-0.05, 0) is 31.4 Å². The van der Waals surface area contributed by atoms with Crippen LogP contribution >= 0.6 is 0 Å². The number of nitrogens with one attached hydrogen (secondary N) is 1. The van der Waals surface area contributed by atoms with Crippen molar-refractivity contribution < 1.29 is 9.90 Å². The van der Waals surface area contributed by atoms with Crippen LogP contribution in [-0.4, -0.2) is 51.2 Å². The molecule has 0 aliphatic carbocycles. The zero-order valence-corrected chi connectivity index (χ0v) is 13.6. The highest BCUT2D eigenvalue weighted by Crippen LogP contribution is 2.24. The zero-order chi connectivity index (χ0) is 17.0. The molecule has 0 spiro atoms. The van der Waals surface area contributed by atoms with Crippen molar-refractivity contribution in [2.45, 2.75) is 25.4 Å². The summed E-state index contributed by atoms with van der Waals surface area (Å²) in [6, 6.07) is 1.78. The minimum absolute atomic E-state index is 0.191.